The first-order chi connectivity index (χ1) is 15.6. The van der Waals surface area contributed by atoms with E-state index in [1.807, 2.05) is 19.1 Å². The van der Waals surface area contributed by atoms with Crippen molar-refractivity contribution < 1.29 is 9.59 Å². The van der Waals surface area contributed by atoms with Crippen LogP contribution >= 0.6 is 0 Å². The highest BCUT2D eigenvalue weighted by atomic mass is 16.1. The van der Waals surface area contributed by atoms with Crippen LogP contribution in [0.15, 0.2) is 35.9 Å². The quantitative estimate of drug-likeness (QED) is 0.264. The summed E-state index contributed by atoms with van der Waals surface area (Å²) in [7, 11) is 0. The van der Waals surface area contributed by atoms with Gasteiger partial charge in [-0.25, -0.2) is 0 Å². The lowest BCUT2D eigenvalue weighted by Gasteiger charge is -2.31. The van der Waals surface area contributed by atoms with Crippen molar-refractivity contribution in [1.82, 2.24) is 0 Å². The minimum atomic E-state index is -0.605. The summed E-state index contributed by atoms with van der Waals surface area (Å²) in [5, 5.41) is 0. The molecule has 2 rings (SSSR count). The molecule has 1 aromatic carbocycles. The number of benzene rings is 1. The lowest BCUT2D eigenvalue weighted by atomic mass is 9.69. The zero-order chi connectivity index (χ0) is 24.4. The van der Waals surface area contributed by atoms with Gasteiger partial charge in [0.15, 0.2) is 11.6 Å². The number of carbonyl (C=O) groups is 2. The first-order valence-corrected chi connectivity index (χ1v) is 13.4. The third-order valence-electron chi connectivity index (χ3n) is 7.61. The molecule has 1 aliphatic carbocycles. The molecule has 2 nitrogen and oxygen atoms in total. The van der Waals surface area contributed by atoms with Crippen LogP contribution in [0.5, 0.6) is 0 Å². The molecule has 184 valence electrons. The number of carbonyl (C=O) groups excluding carboxylic acids is 2. The Morgan fingerprint density at radius 2 is 1.42 bits per heavy atom. The van der Waals surface area contributed by atoms with Gasteiger partial charge in [-0.2, -0.15) is 0 Å². The van der Waals surface area contributed by atoms with Gasteiger partial charge in [-0.3, -0.25) is 9.59 Å². The Kier molecular flexibility index (Phi) is 11.1. The minimum absolute atomic E-state index is 0.0989. The maximum absolute atomic E-state index is 13.1. The maximum Gasteiger partial charge on any atom is 0.170 e. The summed E-state index contributed by atoms with van der Waals surface area (Å²) in [4.78, 5) is 25.6. The van der Waals surface area contributed by atoms with Crippen molar-refractivity contribution in [1.29, 1.82) is 0 Å². The highest BCUT2D eigenvalue weighted by Crippen LogP contribution is 2.38. The Bertz CT molecular complexity index is 803. The Morgan fingerprint density at radius 1 is 0.879 bits per heavy atom. The minimum Gasteiger partial charge on any atom is -0.294 e. The second-order valence-corrected chi connectivity index (χ2v) is 11.6. The van der Waals surface area contributed by atoms with Gasteiger partial charge in [0.2, 0.25) is 0 Å². The average Bonchev–Trinajstić information content (AvgIpc) is 2.76. The smallest absolute Gasteiger partial charge is 0.170 e. The third kappa shape index (κ3) is 8.87. The topological polar surface area (TPSA) is 34.1 Å². The summed E-state index contributed by atoms with van der Waals surface area (Å²) in [6.45, 7) is 13.6. The first kappa shape index (κ1) is 27.5. The molecule has 3 atom stereocenters. The summed E-state index contributed by atoms with van der Waals surface area (Å²) in [5.74, 6) is 2.70. The highest BCUT2D eigenvalue weighted by Gasteiger charge is 2.41. The van der Waals surface area contributed by atoms with E-state index in [1.54, 1.807) is 12.1 Å². The fourth-order valence-corrected chi connectivity index (χ4v) is 5.15. The fraction of sp³-hybridized carbons (Fsp3) is 0.677. The normalized spacial score (nSPS) is 20.8. The van der Waals surface area contributed by atoms with E-state index < -0.39 is 5.41 Å². The molecule has 2 heteroatoms. The van der Waals surface area contributed by atoms with Crippen molar-refractivity contribution in [3.63, 3.8) is 0 Å². The van der Waals surface area contributed by atoms with E-state index in [0.29, 0.717) is 24.0 Å². The molecule has 1 aliphatic rings. The van der Waals surface area contributed by atoms with E-state index in [1.165, 1.54) is 56.9 Å². The van der Waals surface area contributed by atoms with E-state index in [-0.39, 0.29) is 11.6 Å². The number of allylic oxidation sites excluding steroid dienone is 2. The molecular formula is C31H48O2. The Labute approximate surface area is 203 Å². The summed E-state index contributed by atoms with van der Waals surface area (Å²) in [6.07, 6.45) is 14.9. The van der Waals surface area contributed by atoms with Crippen LogP contribution in [0.3, 0.4) is 0 Å². The van der Waals surface area contributed by atoms with Gasteiger partial charge in [0, 0.05) is 23.0 Å². The molecule has 0 N–H and O–H groups in total. The van der Waals surface area contributed by atoms with Crippen LogP contribution in [0.1, 0.15) is 133 Å². The number of hydrogen-bond donors (Lipinski definition) is 0. The number of rotatable bonds is 14. The monoisotopic (exact) mass is 452 g/mol. The van der Waals surface area contributed by atoms with Crippen LogP contribution in [0.4, 0.5) is 0 Å². The van der Waals surface area contributed by atoms with Crippen molar-refractivity contribution in [2.45, 2.75) is 112 Å². The standard InChI is InChI=1S/C31H48O2/c1-23(2)12-9-13-24(3)14-10-15-25(4)16-11-17-26(5)20-21-31(6)22-29(32)27-18-7-8-19-28(27)30(31)33/h7-8,18-20,23-25H,9-17,21-22H2,1-6H3/t24-,25-,31?/m1/s1. The summed E-state index contributed by atoms with van der Waals surface area (Å²) in [6, 6.07) is 7.28. The molecule has 0 bridgehead atoms. The second-order valence-electron chi connectivity index (χ2n) is 11.6. The van der Waals surface area contributed by atoms with Crippen molar-refractivity contribution in [2.75, 3.05) is 0 Å². The number of Topliss-reactive ketones (excluding diaryl/α,β-unsaturated/α-hetero) is 2. The molecule has 1 aromatic rings. The molecule has 0 saturated carbocycles. The summed E-state index contributed by atoms with van der Waals surface area (Å²) < 4.78 is 0. The zero-order valence-electron chi connectivity index (χ0n) is 22.2. The molecule has 0 fully saturated rings. The molecule has 0 aromatic heterocycles. The molecule has 33 heavy (non-hydrogen) atoms. The Balaban J connectivity index is 1.69. The van der Waals surface area contributed by atoms with E-state index >= 15 is 0 Å². The second kappa shape index (κ2) is 13.3. The van der Waals surface area contributed by atoms with Gasteiger partial charge in [0.25, 0.3) is 0 Å². The van der Waals surface area contributed by atoms with Gasteiger partial charge in [-0.1, -0.05) is 115 Å². The molecule has 1 unspecified atom stereocenters. The van der Waals surface area contributed by atoms with E-state index in [4.69, 9.17) is 0 Å². The highest BCUT2D eigenvalue weighted by molar-refractivity contribution is 6.16. The van der Waals surface area contributed by atoms with Gasteiger partial charge in [0.05, 0.1) is 0 Å². The van der Waals surface area contributed by atoms with E-state index in [0.717, 1.165) is 24.2 Å². The summed E-state index contributed by atoms with van der Waals surface area (Å²) >= 11 is 0. The van der Waals surface area contributed by atoms with E-state index in [9.17, 15) is 9.59 Å². The average molecular weight is 453 g/mol. The zero-order valence-corrected chi connectivity index (χ0v) is 22.2. The van der Waals surface area contributed by atoms with Crippen molar-refractivity contribution in [3.05, 3.63) is 47.0 Å². The first-order valence-electron chi connectivity index (χ1n) is 13.4. The van der Waals surface area contributed by atoms with Crippen LogP contribution in [0.25, 0.3) is 0 Å². The van der Waals surface area contributed by atoms with E-state index in [2.05, 4.69) is 40.7 Å². The lowest BCUT2D eigenvalue weighted by Crippen LogP contribution is -2.36. The molecule has 0 radical (unpaired) electrons. The lowest BCUT2D eigenvalue weighted by molar-refractivity contribution is 0.0717. The van der Waals surface area contributed by atoms with Crippen LogP contribution in [-0.4, -0.2) is 11.6 Å². The number of hydrogen-bond acceptors (Lipinski definition) is 2. The largest absolute Gasteiger partial charge is 0.294 e. The molecule has 0 amide bonds. The number of ketones is 2. The molecular weight excluding hydrogens is 404 g/mol. The molecule has 0 heterocycles. The van der Waals surface area contributed by atoms with Crippen LogP contribution < -0.4 is 0 Å². The van der Waals surface area contributed by atoms with Gasteiger partial charge in [-0.15, -0.1) is 0 Å². The van der Waals surface area contributed by atoms with Crippen LogP contribution in [0.2, 0.25) is 0 Å². The molecule has 0 spiro atoms. The molecule has 0 aliphatic heterocycles. The van der Waals surface area contributed by atoms with Crippen molar-refractivity contribution in [2.24, 2.45) is 23.2 Å². The number of fused-ring (bicyclic) bond motifs is 1. The van der Waals surface area contributed by atoms with Crippen LogP contribution in [-0.2, 0) is 0 Å². The predicted molar refractivity (Wildman–Crippen MR) is 141 cm³/mol. The SMILES string of the molecule is CC(=CCC1(C)CC(=O)c2ccccc2C1=O)CCC[C@H](C)CCC[C@H](C)CCCC(C)C. The third-order valence-corrected chi connectivity index (χ3v) is 7.61. The summed E-state index contributed by atoms with van der Waals surface area (Å²) in [5.41, 5.74) is 1.94. The Hall–Kier alpha value is -1.70. The van der Waals surface area contributed by atoms with Gasteiger partial charge in [-0.05, 0) is 43.9 Å². The van der Waals surface area contributed by atoms with Gasteiger partial charge in [0.1, 0.15) is 0 Å². The van der Waals surface area contributed by atoms with Gasteiger partial charge < -0.3 is 0 Å². The van der Waals surface area contributed by atoms with Crippen molar-refractivity contribution in [3.8, 4) is 0 Å². The Morgan fingerprint density at radius 3 is 2.03 bits per heavy atom. The van der Waals surface area contributed by atoms with Gasteiger partial charge >= 0.3 is 0 Å². The fourth-order valence-electron chi connectivity index (χ4n) is 5.15. The van der Waals surface area contributed by atoms with Crippen molar-refractivity contribution >= 4 is 11.6 Å². The maximum atomic E-state index is 13.1. The molecule has 0 saturated heterocycles. The van der Waals surface area contributed by atoms with Crippen LogP contribution in [0, 0.1) is 23.2 Å². The predicted octanol–water partition coefficient (Wildman–Crippen LogP) is 9.24.